The van der Waals surface area contributed by atoms with Crippen molar-refractivity contribution in [1.82, 2.24) is 10.9 Å². The minimum Gasteiger partial charge on any atom is -0.455 e. The Kier molecular flexibility index (Phi) is 4.19. The number of hydrogen-bond acceptors (Lipinski definition) is 4. The van der Waals surface area contributed by atoms with Gasteiger partial charge in [-0.3, -0.25) is 10.2 Å². The number of amides is 1. The van der Waals surface area contributed by atoms with Crippen LogP contribution in [0.5, 0.6) is 11.5 Å². The minimum absolute atomic E-state index is 0.0326. The Morgan fingerprint density at radius 3 is 2.54 bits per heavy atom. The van der Waals surface area contributed by atoms with Crippen LogP contribution in [0.2, 0.25) is 0 Å². The molecule has 0 spiro atoms. The topological polar surface area (TPSA) is 62.4 Å². The zero-order chi connectivity index (χ0) is 16.4. The number of nitrogens with one attached hydrogen (secondary N) is 3. The number of anilines is 1. The van der Waals surface area contributed by atoms with Crippen LogP contribution in [0.15, 0.2) is 54.6 Å². The summed E-state index contributed by atoms with van der Waals surface area (Å²) in [6.45, 7) is 0. The number of hydrogen-bond donors (Lipinski definition) is 3. The van der Waals surface area contributed by atoms with Crippen molar-refractivity contribution in [3.8, 4) is 11.5 Å². The van der Waals surface area contributed by atoms with E-state index in [4.69, 9.17) is 4.74 Å². The minimum atomic E-state index is -0.208. The third-order valence-corrected chi connectivity index (χ3v) is 4.56. The number of rotatable bonds is 5. The molecule has 0 aromatic heterocycles. The monoisotopic (exact) mass is 323 g/mol. The molecule has 1 aliphatic carbocycles. The van der Waals surface area contributed by atoms with E-state index in [1.54, 1.807) is 0 Å². The van der Waals surface area contributed by atoms with Gasteiger partial charge in [-0.25, -0.2) is 5.43 Å². The molecule has 1 aliphatic heterocycles. The summed E-state index contributed by atoms with van der Waals surface area (Å²) in [7, 11) is 0. The van der Waals surface area contributed by atoms with Crippen molar-refractivity contribution in [3.63, 3.8) is 0 Å². The first-order valence-corrected chi connectivity index (χ1v) is 8.43. The predicted molar refractivity (Wildman–Crippen MR) is 92.8 cm³/mol. The molecule has 124 valence electrons. The Balaban J connectivity index is 1.43. The van der Waals surface area contributed by atoms with Crippen molar-refractivity contribution < 1.29 is 9.53 Å². The molecule has 3 N–H and O–H groups in total. The first kappa shape index (κ1) is 15.2. The number of ether oxygens (including phenoxy) is 1. The molecule has 5 heteroatoms. The molecular formula is C19H21N3O2. The lowest BCUT2D eigenvalue weighted by Crippen LogP contribution is -2.40. The second-order valence-electron chi connectivity index (χ2n) is 6.42. The van der Waals surface area contributed by atoms with E-state index in [1.807, 2.05) is 54.6 Å². The molecule has 2 aromatic rings. The lowest BCUT2D eigenvalue weighted by Gasteiger charge is -2.14. The summed E-state index contributed by atoms with van der Waals surface area (Å²) in [6, 6.07) is 17.3. The van der Waals surface area contributed by atoms with Crippen molar-refractivity contribution in [3.05, 3.63) is 54.6 Å². The molecule has 2 unspecified atom stereocenters. The average Bonchev–Trinajstić information content (AvgIpc) is 3.34. The number of hydrazine groups is 1. The van der Waals surface area contributed by atoms with Gasteiger partial charge in [-0.15, -0.1) is 0 Å². The fraction of sp³-hybridized carbons (Fsp3) is 0.316. The number of carbonyl (C=O) groups is 1. The fourth-order valence-corrected chi connectivity index (χ4v) is 3.06. The Bertz CT molecular complexity index is 716. The van der Waals surface area contributed by atoms with E-state index in [-0.39, 0.29) is 11.9 Å². The number of para-hydroxylation sites is 3. The second kappa shape index (κ2) is 6.63. The van der Waals surface area contributed by atoms with Crippen LogP contribution in [0.1, 0.15) is 19.3 Å². The van der Waals surface area contributed by atoms with Gasteiger partial charge in [-0.05, 0) is 49.4 Å². The van der Waals surface area contributed by atoms with E-state index in [0.29, 0.717) is 17.5 Å². The summed E-state index contributed by atoms with van der Waals surface area (Å²) >= 11 is 0. The highest BCUT2D eigenvalue weighted by Gasteiger charge is 2.38. The largest absolute Gasteiger partial charge is 0.455 e. The van der Waals surface area contributed by atoms with Crippen LogP contribution >= 0.6 is 0 Å². The molecule has 5 nitrogen and oxygen atoms in total. The third kappa shape index (κ3) is 3.42. The molecule has 0 bridgehead atoms. The first-order chi connectivity index (χ1) is 11.8. The quantitative estimate of drug-likeness (QED) is 0.791. The van der Waals surface area contributed by atoms with Crippen molar-refractivity contribution >= 4 is 11.6 Å². The molecule has 2 aromatic carbocycles. The van der Waals surface area contributed by atoms with Crippen molar-refractivity contribution in [2.45, 2.75) is 31.3 Å². The Morgan fingerprint density at radius 1 is 1.00 bits per heavy atom. The summed E-state index contributed by atoms with van der Waals surface area (Å²) in [4.78, 5) is 12.5. The molecule has 24 heavy (non-hydrogen) atoms. The van der Waals surface area contributed by atoms with Gasteiger partial charge in [-0.2, -0.15) is 0 Å². The standard InChI is InChI=1S/C19H21N3O2/c23-19(17-12-16(21-22-17)13-10-11-13)20-15-8-4-5-9-18(15)24-14-6-2-1-3-7-14/h1-9,13,16-17,21-22H,10-12H2,(H,20,23). The molecule has 2 atom stereocenters. The molecular weight excluding hydrogens is 302 g/mol. The smallest absolute Gasteiger partial charge is 0.243 e. The second-order valence-corrected chi connectivity index (χ2v) is 6.42. The molecule has 2 aliphatic rings. The average molecular weight is 323 g/mol. The van der Waals surface area contributed by atoms with Gasteiger partial charge in [-0.1, -0.05) is 30.3 Å². The Hall–Kier alpha value is -2.37. The van der Waals surface area contributed by atoms with Crippen molar-refractivity contribution in [2.24, 2.45) is 5.92 Å². The summed E-state index contributed by atoms with van der Waals surface area (Å²) in [5, 5.41) is 2.99. The molecule has 2 fully saturated rings. The molecule has 1 saturated carbocycles. The van der Waals surface area contributed by atoms with Crippen molar-refractivity contribution in [2.75, 3.05) is 5.32 Å². The number of benzene rings is 2. The maximum atomic E-state index is 12.5. The van der Waals surface area contributed by atoms with Crippen LogP contribution in [-0.4, -0.2) is 18.0 Å². The van der Waals surface area contributed by atoms with Gasteiger partial charge >= 0.3 is 0 Å². The van der Waals surface area contributed by atoms with Gasteiger partial charge in [0.15, 0.2) is 5.75 Å². The summed E-state index contributed by atoms with van der Waals surface area (Å²) in [6.07, 6.45) is 3.36. The first-order valence-electron chi connectivity index (χ1n) is 8.43. The van der Waals surface area contributed by atoms with E-state index in [9.17, 15) is 4.79 Å². The number of carbonyl (C=O) groups excluding carboxylic acids is 1. The van der Waals surface area contributed by atoms with E-state index >= 15 is 0 Å². The van der Waals surface area contributed by atoms with Crippen LogP contribution in [0.3, 0.4) is 0 Å². The molecule has 1 saturated heterocycles. The predicted octanol–water partition coefficient (Wildman–Crippen LogP) is 3.06. The van der Waals surface area contributed by atoms with Gasteiger partial charge in [0.1, 0.15) is 11.8 Å². The molecule has 0 radical (unpaired) electrons. The Morgan fingerprint density at radius 2 is 1.75 bits per heavy atom. The zero-order valence-electron chi connectivity index (χ0n) is 13.4. The lowest BCUT2D eigenvalue weighted by atomic mass is 10.1. The maximum absolute atomic E-state index is 12.5. The van der Waals surface area contributed by atoms with Gasteiger partial charge in [0.2, 0.25) is 5.91 Å². The van der Waals surface area contributed by atoms with Crippen LogP contribution in [0.25, 0.3) is 0 Å². The van der Waals surface area contributed by atoms with Gasteiger partial charge in [0, 0.05) is 6.04 Å². The molecule has 1 heterocycles. The lowest BCUT2D eigenvalue weighted by molar-refractivity contribution is -0.117. The Labute approximate surface area is 141 Å². The zero-order valence-corrected chi connectivity index (χ0v) is 13.4. The SMILES string of the molecule is O=C(Nc1ccccc1Oc1ccccc1)C1CC(C2CC2)NN1. The van der Waals surface area contributed by atoms with Crippen LogP contribution in [0, 0.1) is 5.92 Å². The molecule has 1 amide bonds. The van der Waals surface area contributed by atoms with Crippen LogP contribution in [-0.2, 0) is 4.79 Å². The highest BCUT2D eigenvalue weighted by Crippen LogP contribution is 2.36. The highest BCUT2D eigenvalue weighted by molar-refractivity contribution is 5.96. The van der Waals surface area contributed by atoms with Crippen molar-refractivity contribution in [1.29, 1.82) is 0 Å². The highest BCUT2D eigenvalue weighted by atomic mass is 16.5. The fourth-order valence-electron chi connectivity index (χ4n) is 3.06. The summed E-state index contributed by atoms with van der Waals surface area (Å²) < 4.78 is 5.89. The van der Waals surface area contributed by atoms with E-state index in [1.165, 1.54) is 12.8 Å². The molecule has 4 rings (SSSR count). The van der Waals surface area contributed by atoms with E-state index in [2.05, 4.69) is 16.2 Å². The van der Waals surface area contributed by atoms with Crippen LogP contribution in [0.4, 0.5) is 5.69 Å². The maximum Gasteiger partial charge on any atom is 0.243 e. The van der Waals surface area contributed by atoms with E-state index in [0.717, 1.165) is 18.1 Å². The van der Waals surface area contributed by atoms with Gasteiger partial charge in [0.05, 0.1) is 5.69 Å². The third-order valence-electron chi connectivity index (χ3n) is 4.56. The normalized spacial score (nSPS) is 23.0. The summed E-state index contributed by atoms with van der Waals surface area (Å²) in [5.41, 5.74) is 7.05. The van der Waals surface area contributed by atoms with Crippen LogP contribution < -0.4 is 20.9 Å². The van der Waals surface area contributed by atoms with Gasteiger partial charge in [0.25, 0.3) is 0 Å². The van der Waals surface area contributed by atoms with Gasteiger partial charge < -0.3 is 10.1 Å². The summed E-state index contributed by atoms with van der Waals surface area (Å²) in [5.74, 6) is 2.08. The van der Waals surface area contributed by atoms with E-state index < -0.39 is 0 Å².